The van der Waals surface area contributed by atoms with E-state index < -0.39 is 12.0 Å². The van der Waals surface area contributed by atoms with Gasteiger partial charge in [0.2, 0.25) is 0 Å². The van der Waals surface area contributed by atoms with Crippen LogP contribution in [0.4, 0.5) is 11.5 Å². The van der Waals surface area contributed by atoms with Crippen molar-refractivity contribution in [3.8, 4) is 11.4 Å². The first kappa shape index (κ1) is 27.3. The van der Waals surface area contributed by atoms with E-state index >= 15 is 0 Å². The van der Waals surface area contributed by atoms with Gasteiger partial charge in [0.05, 0.1) is 23.8 Å². The normalized spacial score (nSPS) is 17.9. The molecule has 173 valence electrons. The number of piperidine rings is 1. The van der Waals surface area contributed by atoms with Crippen LogP contribution in [-0.4, -0.2) is 71.0 Å². The third-order valence-electron chi connectivity index (χ3n) is 4.86. The van der Waals surface area contributed by atoms with E-state index in [0.29, 0.717) is 35.9 Å². The summed E-state index contributed by atoms with van der Waals surface area (Å²) in [5.41, 5.74) is 3.03. The Balaban J connectivity index is 0.00000125. The van der Waals surface area contributed by atoms with Crippen LogP contribution in [0, 0.1) is 6.92 Å². The largest absolute Gasteiger partial charge is 0.652 e. The molecule has 1 fully saturated rings. The first-order valence-corrected chi connectivity index (χ1v) is 10.0. The number of anilines is 2. The van der Waals surface area contributed by atoms with Gasteiger partial charge in [0.15, 0.2) is 0 Å². The molecule has 3 aromatic rings. The molecule has 4 heterocycles. The molecule has 0 aromatic carbocycles. The quantitative estimate of drug-likeness (QED) is 0.303. The number of pyridine rings is 1. The van der Waals surface area contributed by atoms with Gasteiger partial charge >= 0.3 is 0 Å². The molecule has 11 nitrogen and oxygen atoms in total. The van der Waals surface area contributed by atoms with Crippen LogP contribution in [0.1, 0.15) is 30.1 Å². The summed E-state index contributed by atoms with van der Waals surface area (Å²) in [6.07, 6.45) is 9.14. The van der Waals surface area contributed by atoms with E-state index in [1.807, 2.05) is 13.0 Å². The number of hydrogen-bond acceptors (Lipinski definition) is 10. The van der Waals surface area contributed by atoms with E-state index in [1.165, 1.54) is 0 Å². The molecule has 1 aliphatic heterocycles. The van der Waals surface area contributed by atoms with Crippen molar-refractivity contribution in [3.05, 3.63) is 59.8 Å². The van der Waals surface area contributed by atoms with Crippen LogP contribution in [0.25, 0.3) is 16.7 Å². The van der Waals surface area contributed by atoms with Crippen LogP contribution in [0.15, 0.2) is 43.1 Å². The van der Waals surface area contributed by atoms with E-state index in [9.17, 15) is 15.3 Å². The van der Waals surface area contributed by atoms with Gasteiger partial charge in [0.1, 0.15) is 17.3 Å². The van der Waals surface area contributed by atoms with E-state index in [-0.39, 0.29) is 45.2 Å². The predicted molar refractivity (Wildman–Crippen MR) is 117 cm³/mol. The van der Waals surface area contributed by atoms with Crippen molar-refractivity contribution in [1.82, 2.24) is 24.9 Å². The van der Waals surface area contributed by atoms with Crippen LogP contribution in [-0.2, 0) is 32.7 Å². The topological polar surface area (TPSA) is 172 Å². The van der Waals surface area contributed by atoms with Gasteiger partial charge in [-0.1, -0.05) is 12.5 Å². The number of nitrogens with zero attached hydrogens (tertiary/aromatic N) is 6. The number of hydrogen-bond donors (Lipinski definition) is 5. The summed E-state index contributed by atoms with van der Waals surface area (Å²) in [6.45, 7) is 2.22. The van der Waals surface area contributed by atoms with Crippen molar-refractivity contribution in [2.24, 2.45) is 0 Å². The molecule has 5 N–H and O–H groups in total. The molecule has 0 spiro atoms. The van der Waals surface area contributed by atoms with Gasteiger partial charge in [0, 0.05) is 70.4 Å². The molecular weight excluding hydrogens is 503 g/mol. The maximum atomic E-state index is 9.38. The molecule has 0 amide bonds. The fraction of sp³-hybridized carbons (Fsp3) is 0.381. The third-order valence-corrected chi connectivity index (χ3v) is 4.86. The van der Waals surface area contributed by atoms with Crippen molar-refractivity contribution in [1.29, 1.82) is 0 Å². The van der Waals surface area contributed by atoms with Gasteiger partial charge in [-0.3, -0.25) is 15.0 Å². The molecule has 0 saturated carbocycles. The SMILES string of the molecule is CO.Cc1cncc(Nc2cc(-c3cnccn3)nc([C@H]3CC[C@@H](C(O)(O)O)[N-]C3)n2)c1.[Y]. The smallest absolute Gasteiger partial charge is 0.258 e. The summed E-state index contributed by atoms with van der Waals surface area (Å²) in [5.74, 6) is -1.80. The molecule has 33 heavy (non-hydrogen) atoms. The average molecular weight is 529 g/mol. The first-order valence-electron chi connectivity index (χ1n) is 10.0. The Bertz CT molecular complexity index is 1010. The maximum absolute atomic E-state index is 9.38. The summed E-state index contributed by atoms with van der Waals surface area (Å²) in [5, 5.41) is 42.6. The monoisotopic (exact) mass is 529 g/mol. The van der Waals surface area contributed by atoms with Crippen molar-refractivity contribution in [2.45, 2.75) is 37.7 Å². The molecule has 0 aliphatic carbocycles. The standard InChI is InChI=1S/C20H22N7O3.CH4O.Y/c1-12-6-14(10-22-8-12)25-18-7-15(16-11-21-4-5-23-16)26-19(27-18)13-2-3-17(24-9-13)20(28,29)30;1-2;/h4-8,10-11,13,17,28-30H,2-3,9H2,1H3,(H,25,26,27);2H,1H3;/q-1;;/t13-,17-;;/m0../s1. The minimum absolute atomic E-state index is 0. The summed E-state index contributed by atoms with van der Waals surface area (Å²) >= 11 is 0. The van der Waals surface area contributed by atoms with Crippen molar-refractivity contribution < 1.29 is 53.1 Å². The molecular formula is C21H26N7O4Y-. The molecule has 2 atom stereocenters. The Morgan fingerprint density at radius 2 is 1.76 bits per heavy atom. The Kier molecular flexibility index (Phi) is 10.3. The third kappa shape index (κ3) is 7.51. The second-order valence-corrected chi connectivity index (χ2v) is 7.31. The van der Waals surface area contributed by atoms with Gasteiger partial charge in [-0.25, -0.2) is 9.97 Å². The minimum Gasteiger partial charge on any atom is -0.652 e. The molecule has 0 bridgehead atoms. The molecule has 3 aromatic heterocycles. The van der Waals surface area contributed by atoms with Crippen LogP contribution >= 0.6 is 0 Å². The molecule has 1 aliphatic rings. The van der Waals surface area contributed by atoms with Crippen LogP contribution in [0.3, 0.4) is 0 Å². The second kappa shape index (κ2) is 12.5. The van der Waals surface area contributed by atoms with E-state index in [4.69, 9.17) is 5.11 Å². The Labute approximate surface area is 216 Å². The zero-order valence-corrected chi connectivity index (χ0v) is 21.2. The van der Waals surface area contributed by atoms with E-state index in [2.05, 4.69) is 35.6 Å². The van der Waals surface area contributed by atoms with Crippen LogP contribution < -0.4 is 5.32 Å². The summed E-state index contributed by atoms with van der Waals surface area (Å²) in [6, 6.07) is 2.80. The maximum Gasteiger partial charge on any atom is 0.258 e. The number of aryl methyl sites for hydroxylation is 1. The molecule has 4 rings (SSSR count). The molecule has 12 heteroatoms. The summed E-state index contributed by atoms with van der Waals surface area (Å²) in [7, 11) is 1.00. The van der Waals surface area contributed by atoms with E-state index in [0.717, 1.165) is 18.4 Å². The predicted octanol–water partition coefficient (Wildman–Crippen LogP) is 1.24. The van der Waals surface area contributed by atoms with Gasteiger partial charge in [0.25, 0.3) is 5.97 Å². The first-order chi connectivity index (χ1) is 15.4. The second-order valence-electron chi connectivity index (χ2n) is 7.31. The zero-order valence-electron chi connectivity index (χ0n) is 18.4. The Hall–Kier alpha value is -1.99. The number of aliphatic hydroxyl groups excluding tert-OH is 1. The van der Waals surface area contributed by atoms with E-state index in [1.54, 1.807) is 37.1 Å². The zero-order chi connectivity index (χ0) is 23.1. The number of rotatable bonds is 5. The fourth-order valence-electron chi connectivity index (χ4n) is 3.37. The number of nitrogens with one attached hydrogen (secondary N) is 1. The molecule has 1 saturated heterocycles. The van der Waals surface area contributed by atoms with Crippen molar-refractivity contribution >= 4 is 11.5 Å². The van der Waals surface area contributed by atoms with Gasteiger partial charge in [-0.15, -0.1) is 6.54 Å². The van der Waals surface area contributed by atoms with Crippen LogP contribution in [0.2, 0.25) is 0 Å². The average Bonchev–Trinajstić information content (AvgIpc) is 2.80. The summed E-state index contributed by atoms with van der Waals surface area (Å²) in [4.78, 5) is 21.9. The Morgan fingerprint density at radius 1 is 0.970 bits per heavy atom. The van der Waals surface area contributed by atoms with Crippen molar-refractivity contribution in [3.63, 3.8) is 0 Å². The summed E-state index contributed by atoms with van der Waals surface area (Å²) < 4.78 is 0. The van der Waals surface area contributed by atoms with Crippen molar-refractivity contribution in [2.75, 3.05) is 19.0 Å². The fourth-order valence-corrected chi connectivity index (χ4v) is 3.37. The number of aromatic nitrogens is 5. The van der Waals surface area contributed by atoms with Gasteiger partial charge in [-0.05, 0) is 25.0 Å². The molecule has 1 radical (unpaired) electrons. The number of aliphatic hydroxyl groups is 4. The van der Waals surface area contributed by atoms with Crippen LogP contribution in [0.5, 0.6) is 0 Å². The van der Waals surface area contributed by atoms with Gasteiger partial charge < -0.3 is 31.1 Å². The van der Waals surface area contributed by atoms with Gasteiger partial charge in [-0.2, -0.15) is 0 Å². The Morgan fingerprint density at radius 3 is 2.36 bits per heavy atom. The molecule has 0 unspecified atom stereocenters. The minimum atomic E-state index is -2.81.